The van der Waals surface area contributed by atoms with Gasteiger partial charge in [0.2, 0.25) is 0 Å². The van der Waals surface area contributed by atoms with Gasteiger partial charge in [0.05, 0.1) is 6.61 Å². The van der Waals surface area contributed by atoms with E-state index >= 15 is 0 Å². The van der Waals surface area contributed by atoms with Crippen molar-refractivity contribution < 1.29 is 5.11 Å². The van der Waals surface area contributed by atoms with Gasteiger partial charge in [0.1, 0.15) is 0 Å². The van der Waals surface area contributed by atoms with Crippen LogP contribution in [0.3, 0.4) is 0 Å². The van der Waals surface area contributed by atoms with Crippen LogP contribution in [0.5, 0.6) is 0 Å². The zero-order valence-corrected chi connectivity index (χ0v) is 11.7. The standard InChI is InChI=1S/C16H26O/c1-10-5-6-14-15(3,4)13-8-16(10,14)7-12(9-17)11(13)2/h10,13-14,17H,5-9H2,1-4H3. The molecule has 2 fully saturated rings. The van der Waals surface area contributed by atoms with Gasteiger partial charge in [0.15, 0.2) is 0 Å². The molecule has 0 heterocycles. The van der Waals surface area contributed by atoms with E-state index < -0.39 is 0 Å². The molecule has 3 aliphatic carbocycles. The molecular formula is C16H26O. The van der Waals surface area contributed by atoms with Gasteiger partial charge in [-0.3, -0.25) is 0 Å². The second-order valence-corrected chi connectivity index (χ2v) is 7.46. The van der Waals surface area contributed by atoms with Gasteiger partial charge in [-0.1, -0.05) is 26.3 Å². The van der Waals surface area contributed by atoms with Gasteiger partial charge in [-0.15, -0.1) is 0 Å². The van der Waals surface area contributed by atoms with E-state index in [-0.39, 0.29) is 0 Å². The van der Waals surface area contributed by atoms with E-state index in [1.807, 2.05) is 0 Å². The molecule has 0 aromatic rings. The van der Waals surface area contributed by atoms with Crippen LogP contribution >= 0.6 is 0 Å². The highest BCUT2D eigenvalue weighted by Crippen LogP contribution is 2.72. The van der Waals surface area contributed by atoms with Crippen LogP contribution in [0.25, 0.3) is 0 Å². The van der Waals surface area contributed by atoms with Crippen molar-refractivity contribution in [2.75, 3.05) is 6.61 Å². The Morgan fingerprint density at radius 1 is 1.29 bits per heavy atom. The molecule has 0 aromatic heterocycles. The van der Waals surface area contributed by atoms with Crippen LogP contribution in [0.4, 0.5) is 0 Å². The molecule has 17 heavy (non-hydrogen) atoms. The number of fused-ring (bicyclic) bond motifs is 1. The average Bonchev–Trinajstić information content (AvgIpc) is 2.68. The Morgan fingerprint density at radius 3 is 2.65 bits per heavy atom. The lowest BCUT2D eigenvalue weighted by atomic mass is 9.66. The SMILES string of the molecule is CC1=C(CO)CC23CC1C(C)(C)C2CCC3C. The summed E-state index contributed by atoms with van der Waals surface area (Å²) in [5.74, 6) is 2.46. The van der Waals surface area contributed by atoms with Gasteiger partial charge in [0, 0.05) is 0 Å². The summed E-state index contributed by atoms with van der Waals surface area (Å²) in [5.41, 5.74) is 3.87. The lowest BCUT2D eigenvalue weighted by molar-refractivity contribution is 0.121. The second-order valence-electron chi connectivity index (χ2n) is 7.46. The summed E-state index contributed by atoms with van der Waals surface area (Å²) in [6, 6.07) is 0. The first-order valence-electron chi connectivity index (χ1n) is 7.23. The fraction of sp³-hybridized carbons (Fsp3) is 0.875. The fourth-order valence-corrected chi connectivity index (χ4v) is 5.72. The highest BCUT2D eigenvalue weighted by molar-refractivity contribution is 5.31. The van der Waals surface area contributed by atoms with E-state index in [0.717, 1.165) is 17.8 Å². The van der Waals surface area contributed by atoms with Gasteiger partial charge in [-0.05, 0) is 66.8 Å². The van der Waals surface area contributed by atoms with Crippen molar-refractivity contribution in [1.82, 2.24) is 0 Å². The minimum absolute atomic E-state index is 0.291. The van der Waals surface area contributed by atoms with E-state index in [4.69, 9.17) is 0 Å². The molecule has 4 unspecified atom stereocenters. The Labute approximate surface area is 105 Å². The van der Waals surface area contributed by atoms with Crippen molar-refractivity contribution in [3.8, 4) is 0 Å². The number of aliphatic hydroxyl groups is 1. The second kappa shape index (κ2) is 3.38. The van der Waals surface area contributed by atoms with Crippen molar-refractivity contribution in [3.63, 3.8) is 0 Å². The van der Waals surface area contributed by atoms with E-state index in [9.17, 15) is 5.11 Å². The molecule has 1 spiro atoms. The van der Waals surface area contributed by atoms with Crippen molar-refractivity contribution in [3.05, 3.63) is 11.1 Å². The molecule has 0 radical (unpaired) electrons. The summed E-state index contributed by atoms with van der Waals surface area (Å²) in [6.45, 7) is 9.97. The van der Waals surface area contributed by atoms with Crippen LogP contribution < -0.4 is 0 Å². The van der Waals surface area contributed by atoms with E-state index in [0.29, 0.717) is 17.4 Å². The average molecular weight is 234 g/mol. The summed E-state index contributed by atoms with van der Waals surface area (Å²) < 4.78 is 0. The lowest BCUT2D eigenvalue weighted by Gasteiger charge is -2.39. The largest absolute Gasteiger partial charge is 0.392 e. The number of hydrogen-bond acceptors (Lipinski definition) is 1. The highest BCUT2D eigenvalue weighted by Gasteiger charge is 2.64. The molecule has 0 amide bonds. The van der Waals surface area contributed by atoms with E-state index in [1.165, 1.54) is 36.8 Å². The summed E-state index contributed by atoms with van der Waals surface area (Å²) in [7, 11) is 0. The Hall–Kier alpha value is -0.300. The molecule has 96 valence electrons. The van der Waals surface area contributed by atoms with Crippen LogP contribution in [-0.4, -0.2) is 11.7 Å². The molecule has 3 rings (SSSR count). The Kier molecular flexibility index (Phi) is 2.34. The van der Waals surface area contributed by atoms with Crippen LogP contribution in [-0.2, 0) is 0 Å². The van der Waals surface area contributed by atoms with Crippen molar-refractivity contribution in [1.29, 1.82) is 0 Å². The van der Waals surface area contributed by atoms with E-state index in [2.05, 4.69) is 27.7 Å². The van der Waals surface area contributed by atoms with Gasteiger partial charge in [0.25, 0.3) is 0 Å². The topological polar surface area (TPSA) is 20.2 Å². The maximum absolute atomic E-state index is 9.64. The molecule has 0 aliphatic heterocycles. The third kappa shape index (κ3) is 1.24. The monoisotopic (exact) mass is 234 g/mol. The predicted molar refractivity (Wildman–Crippen MR) is 70.6 cm³/mol. The van der Waals surface area contributed by atoms with Gasteiger partial charge >= 0.3 is 0 Å². The van der Waals surface area contributed by atoms with Crippen LogP contribution in [0, 0.1) is 28.6 Å². The zero-order valence-electron chi connectivity index (χ0n) is 11.7. The third-order valence-corrected chi connectivity index (χ3v) is 6.76. The third-order valence-electron chi connectivity index (χ3n) is 6.76. The minimum atomic E-state index is 0.291. The van der Waals surface area contributed by atoms with Crippen LogP contribution in [0.1, 0.15) is 53.4 Å². The summed E-state index contributed by atoms with van der Waals surface area (Å²) in [5, 5.41) is 9.64. The lowest BCUT2D eigenvalue weighted by Crippen LogP contribution is -2.31. The quantitative estimate of drug-likeness (QED) is 0.685. The molecule has 0 aromatic carbocycles. The summed E-state index contributed by atoms with van der Waals surface area (Å²) in [6.07, 6.45) is 5.39. The van der Waals surface area contributed by atoms with Crippen LogP contribution in [0.2, 0.25) is 0 Å². The molecular weight excluding hydrogens is 208 g/mol. The summed E-state index contributed by atoms with van der Waals surface area (Å²) in [4.78, 5) is 0. The van der Waals surface area contributed by atoms with E-state index in [1.54, 1.807) is 0 Å². The number of hydrogen-bond donors (Lipinski definition) is 1. The zero-order chi connectivity index (χ0) is 12.4. The molecule has 1 nitrogen and oxygen atoms in total. The number of rotatable bonds is 1. The van der Waals surface area contributed by atoms with Crippen molar-refractivity contribution >= 4 is 0 Å². The number of allylic oxidation sites excluding steroid dienone is 1. The van der Waals surface area contributed by atoms with Crippen LogP contribution in [0.15, 0.2) is 11.1 Å². The van der Waals surface area contributed by atoms with Crippen molar-refractivity contribution in [2.45, 2.75) is 53.4 Å². The number of aliphatic hydroxyl groups excluding tert-OH is 1. The van der Waals surface area contributed by atoms with Gasteiger partial charge in [-0.25, -0.2) is 0 Å². The predicted octanol–water partition coefficient (Wildman–Crippen LogP) is 3.78. The minimum Gasteiger partial charge on any atom is -0.392 e. The molecule has 1 heteroatoms. The maximum atomic E-state index is 9.64. The molecule has 2 bridgehead atoms. The fourth-order valence-electron chi connectivity index (χ4n) is 5.72. The Bertz CT molecular complexity index is 379. The first-order valence-corrected chi connectivity index (χ1v) is 7.23. The molecule has 1 N–H and O–H groups in total. The van der Waals surface area contributed by atoms with Gasteiger partial charge in [-0.2, -0.15) is 0 Å². The first-order chi connectivity index (χ1) is 7.93. The maximum Gasteiger partial charge on any atom is 0.0644 e. The molecule has 4 atom stereocenters. The normalized spacial score (nSPS) is 47.5. The first kappa shape index (κ1) is 11.8. The van der Waals surface area contributed by atoms with Gasteiger partial charge < -0.3 is 5.11 Å². The smallest absolute Gasteiger partial charge is 0.0644 e. The molecule has 2 saturated carbocycles. The Balaban J connectivity index is 2.12. The van der Waals surface area contributed by atoms with Crippen molar-refractivity contribution in [2.24, 2.45) is 28.6 Å². The molecule has 3 aliphatic rings. The molecule has 0 saturated heterocycles. The highest BCUT2D eigenvalue weighted by atomic mass is 16.3. The Morgan fingerprint density at radius 2 is 2.00 bits per heavy atom. The summed E-state index contributed by atoms with van der Waals surface area (Å²) >= 11 is 0.